The molecular formula is C14H16N3O5+. The molecule has 4 N–H and O–H groups in total. The zero-order chi connectivity index (χ0) is 16.3. The molecule has 1 aromatic carbocycles. The Kier molecular flexibility index (Phi) is 4.31. The molecule has 0 aromatic heterocycles. The summed E-state index contributed by atoms with van der Waals surface area (Å²) in [6.07, 6.45) is 1.64. The SMILES string of the molecule is COc1cc(/C=C2/C(=O)NC(N)=[N+]2C)ccc1OCC(=O)O. The smallest absolute Gasteiger partial charge is 0.356 e. The number of benzene rings is 1. The molecule has 0 bridgehead atoms. The zero-order valence-electron chi connectivity index (χ0n) is 12.1. The fraction of sp³-hybridized carbons (Fsp3) is 0.214. The molecule has 0 atom stereocenters. The summed E-state index contributed by atoms with van der Waals surface area (Å²) < 4.78 is 11.8. The molecule has 0 saturated heterocycles. The molecular weight excluding hydrogens is 290 g/mol. The van der Waals surface area contributed by atoms with Gasteiger partial charge in [-0.05, 0) is 23.8 Å². The minimum atomic E-state index is -1.08. The first-order chi connectivity index (χ1) is 10.4. The molecule has 1 heterocycles. The number of carboxylic acid groups (broad SMARTS) is 1. The van der Waals surface area contributed by atoms with Crippen LogP contribution in [0.4, 0.5) is 0 Å². The van der Waals surface area contributed by atoms with E-state index >= 15 is 0 Å². The molecule has 22 heavy (non-hydrogen) atoms. The largest absolute Gasteiger partial charge is 0.493 e. The Morgan fingerprint density at radius 2 is 2.18 bits per heavy atom. The van der Waals surface area contributed by atoms with Crippen molar-refractivity contribution in [2.45, 2.75) is 0 Å². The lowest BCUT2D eigenvalue weighted by Gasteiger charge is -2.09. The molecule has 0 radical (unpaired) electrons. The summed E-state index contributed by atoms with van der Waals surface area (Å²) in [7, 11) is 3.11. The Hall–Kier alpha value is -3.03. The summed E-state index contributed by atoms with van der Waals surface area (Å²) in [6.45, 7) is -0.465. The van der Waals surface area contributed by atoms with Crippen molar-refractivity contribution in [3.05, 3.63) is 29.5 Å². The normalized spacial score (nSPS) is 15.9. The number of ether oxygens (including phenoxy) is 2. The number of nitrogens with one attached hydrogen (secondary N) is 1. The zero-order valence-corrected chi connectivity index (χ0v) is 12.1. The van der Waals surface area contributed by atoms with Gasteiger partial charge in [0.05, 0.1) is 14.2 Å². The minimum absolute atomic E-state index is 0.254. The third-order valence-corrected chi connectivity index (χ3v) is 3.04. The maximum Gasteiger partial charge on any atom is 0.356 e. The van der Waals surface area contributed by atoms with E-state index in [9.17, 15) is 9.59 Å². The molecule has 8 heteroatoms. The highest BCUT2D eigenvalue weighted by Gasteiger charge is 2.28. The highest BCUT2D eigenvalue weighted by atomic mass is 16.5. The average molecular weight is 306 g/mol. The highest BCUT2D eigenvalue weighted by Crippen LogP contribution is 2.29. The number of carboxylic acids is 1. The first kappa shape index (κ1) is 15.4. The number of likely N-dealkylation sites (N-methyl/N-ethyl adjacent to an activating group) is 1. The van der Waals surface area contributed by atoms with Gasteiger partial charge in [-0.3, -0.25) is 5.73 Å². The van der Waals surface area contributed by atoms with Gasteiger partial charge < -0.3 is 14.6 Å². The van der Waals surface area contributed by atoms with E-state index in [2.05, 4.69) is 5.32 Å². The molecule has 8 nitrogen and oxygen atoms in total. The van der Waals surface area contributed by atoms with Gasteiger partial charge in [-0.25, -0.2) is 19.5 Å². The standard InChI is InChI=1S/C14H15N3O5/c1-17-9(13(20)16-14(17)15)5-8-3-4-10(11(6-8)21-2)22-7-12(18)19/h3-6H,7H2,1-2H3,(H3,15,16,18,19,20)/p+1/b9-5-. The van der Waals surface area contributed by atoms with Gasteiger partial charge in [0.1, 0.15) is 0 Å². The number of carbonyl (C=O) groups excluding carboxylic acids is 1. The van der Waals surface area contributed by atoms with Crippen LogP contribution in [0.15, 0.2) is 23.9 Å². The van der Waals surface area contributed by atoms with E-state index in [1.807, 2.05) is 0 Å². The maximum atomic E-state index is 11.8. The quantitative estimate of drug-likeness (QED) is 0.503. The second kappa shape index (κ2) is 6.17. The van der Waals surface area contributed by atoms with Crippen LogP contribution in [-0.4, -0.2) is 48.3 Å². The highest BCUT2D eigenvalue weighted by molar-refractivity contribution is 6.08. The molecule has 1 amide bonds. The predicted octanol–water partition coefficient (Wildman–Crippen LogP) is -0.414. The van der Waals surface area contributed by atoms with Gasteiger partial charge in [-0.2, -0.15) is 0 Å². The van der Waals surface area contributed by atoms with Crippen LogP contribution in [0.25, 0.3) is 6.08 Å². The topological polar surface area (TPSA) is 114 Å². The van der Waals surface area contributed by atoms with E-state index in [1.54, 1.807) is 31.3 Å². The number of hydrogen-bond acceptors (Lipinski definition) is 5. The molecule has 0 fully saturated rings. The number of rotatable bonds is 5. The summed E-state index contributed by atoms with van der Waals surface area (Å²) in [5.74, 6) is -0.450. The molecule has 1 aliphatic heterocycles. The first-order valence-corrected chi connectivity index (χ1v) is 6.34. The van der Waals surface area contributed by atoms with Gasteiger partial charge in [0.2, 0.25) is 0 Å². The number of aliphatic carboxylic acids is 1. The molecule has 116 valence electrons. The number of nitrogens with zero attached hydrogens (tertiary/aromatic N) is 1. The van der Waals surface area contributed by atoms with Crippen LogP contribution in [0, 0.1) is 0 Å². The van der Waals surface area contributed by atoms with Crippen LogP contribution in [0.5, 0.6) is 11.5 Å². The molecule has 2 rings (SSSR count). The third kappa shape index (κ3) is 3.17. The molecule has 0 spiro atoms. The van der Waals surface area contributed by atoms with Crippen LogP contribution in [0.2, 0.25) is 0 Å². The summed E-state index contributed by atoms with van der Waals surface area (Å²) in [5.41, 5.74) is 6.70. The Morgan fingerprint density at radius 1 is 1.45 bits per heavy atom. The lowest BCUT2D eigenvalue weighted by atomic mass is 10.1. The fourth-order valence-electron chi connectivity index (χ4n) is 1.90. The van der Waals surface area contributed by atoms with Crippen molar-refractivity contribution in [1.82, 2.24) is 5.32 Å². The number of nitrogens with two attached hydrogens (primary N) is 1. The van der Waals surface area contributed by atoms with E-state index < -0.39 is 12.6 Å². The van der Waals surface area contributed by atoms with Crippen LogP contribution in [-0.2, 0) is 9.59 Å². The van der Waals surface area contributed by atoms with E-state index in [1.165, 1.54) is 11.7 Å². The summed E-state index contributed by atoms with van der Waals surface area (Å²) in [6, 6.07) is 4.90. The maximum absolute atomic E-state index is 11.8. The molecule has 0 unspecified atom stereocenters. The van der Waals surface area contributed by atoms with Crippen LogP contribution < -0.4 is 20.5 Å². The second-order valence-electron chi connectivity index (χ2n) is 4.52. The molecule has 1 aromatic rings. The van der Waals surface area contributed by atoms with Gasteiger partial charge >= 0.3 is 17.8 Å². The predicted molar refractivity (Wildman–Crippen MR) is 77.6 cm³/mol. The lowest BCUT2D eigenvalue weighted by Crippen LogP contribution is -2.32. The van der Waals surface area contributed by atoms with Crippen molar-refractivity contribution >= 4 is 23.9 Å². The number of amides is 1. The van der Waals surface area contributed by atoms with Gasteiger partial charge in [-0.15, -0.1) is 0 Å². The van der Waals surface area contributed by atoms with Gasteiger partial charge in [0.25, 0.3) is 0 Å². The van der Waals surface area contributed by atoms with Crippen molar-refractivity contribution in [2.75, 3.05) is 20.8 Å². The van der Waals surface area contributed by atoms with Crippen molar-refractivity contribution in [3.8, 4) is 11.5 Å². The van der Waals surface area contributed by atoms with Crippen molar-refractivity contribution < 1.29 is 28.7 Å². The first-order valence-electron chi connectivity index (χ1n) is 6.34. The van der Waals surface area contributed by atoms with E-state index in [-0.39, 0.29) is 11.9 Å². The van der Waals surface area contributed by atoms with Crippen LogP contribution in [0.1, 0.15) is 5.56 Å². The van der Waals surface area contributed by atoms with E-state index in [0.717, 1.165) is 0 Å². The van der Waals surface area contributed by atoms with Gasteiger partial charge in [0, 0.05) is 0 Å². The van der Waals surface area contributed by atoms with Crippen molar-refractivity contribution in [3.63, 3.8) is 0 Å². The second-order valence-corrected chi connectivity index (χ2v) is 4.52. The van der Waals surface area contributed by atoms with Crippen molar-refractivity contribution in [1.29, 1.82) is 0 Å². The Morgan fingerprint density at radius 3 is 2.73 bits per heavy atom. The van der Waals surface area contributed by atoms with Crippen LogP contribution in [0.3, 0.4) is 0 Å². The average Bonchev–Trinajstić information content (AvgIpc) is 2.72. The van der Waals surface area contributed by atoms with Crippen molar-refractivity contribution in [2.24, 2.45) is 5.73 Å². The molecule has 0 saturated carbocycles. The van der Waals surface area contributed by atoms with E-state index in [4.69, 9.17) is 20.3 Å². The Labute approximate surface area is 126 Å². The molecule has 1 aliphatic rings. The number of guanidine groups is 1. The number of carbonyl (C=O) groups is 2. The van der Waals surface area contributed by atoms with Gasteiger partial charge in [0.15, 0.2) is 23.8 Å². The monoisotopic (exact) mass is 306 g/mol. The number of methoxy groups -OCH3 is 1. The lowest BCUT2D eigenvalue weighted by molar-refractivity contribution is -0.432. The van der Waals surface area contributed by atoms with E-state index in [0.29, 0.717) is 22.8 Å². The Balaban J connectivity index is 2.30. The fourth-order valence-corrected chi connectivity index (χ4v) is 1.90. The van der Waals surface area contributed by atoms with Crippen LogP contribution >= 0.6 is 0 Å². The summed E-state index contributed by atoms with van der Waals surface area (Å²) in [4.78, 5) is 22.3. The van der Waals surface area contributed by atoms with Gasteiger partial charge in [-0.1, -0.05) is 6.07 Å². The summed E-state index contributed by atoms with van der Waals surface area (Å²) >= 11 is 0. The summed E-state index contributed by atoms with van der Waals surface area (Å²) in [5, 5.41) is 11.1. The minimum Gasteiger partial charge on any atom is -0.493 e. The number of hydrogen-bond donors (Lipinski definition) is 3. The third-order valence-electron chi connectivity index (χ3n) is 3.04. The molecule has 0 aliphatic carbocycles. The Bertz CT molecular complexity index is 694.